The van der Waals surface area contributed by atoms with Crippen molar-refractivity contribution in [3.05, 3.63) is 29.3 Å². The summed E-state index contributed by atoms with van der Waals surface area (Å²) >= 11 is 0. The van der Waals surface area contributed by atoms with Gasteiger partial charge in [0.25, 0.3) is 0 Å². The van der Waals surface area contributed by atoms with Crippen molar-refractivity contribution in [3.8, 4) is 5.75 Å². The molecule has 1 saturated heterocycles. The summed E-state index contributed by atoms with van der Waals surface area (Å²) in [5.74, 6) is 0.924. The van der Waals surface area contributed by atoms with Crippen molar-refractivity contribution >= 4 is 0 Å². The summed E-state index contributed by atoms with van der Waals surface area (Å²) < 4.78 is 11.1. The molecule has 1 heterocycles. The molecule has 0 amide bonds. The van der Waals surface area contributed by atoms with E-state index in [1.165, 1.54) is 5.56 Å². The highest BCUT2D eigenvalue weighted by molar-refractivity contribution is 5.37. The molecule has 2 rings (SSSR count). The molecule has 3 atom stereocenters. The van der Waals surface area contributed by atoms with Gasteiger partial charge in [-0.2, -0.15) is 0 Å². The summed E-state index contributed by atoms with van der Waals surface area (Å²) in [4.78, 5) is 2.43. The molecular weight excluding hydrogens is 252 g/mol. The fourth-order valence-corrected chi connectivity index (χ4v) is 3.08. The third-order valence-electron chi connectivity index (χ3n) is 3.92. The molecule has 0 saturated carbocycles. The number of rotatable bonds is 4. The number of aryl methyl sites for hydroxylation is 1. The molecular formula is C16H26N2O2. The Morgan fingerprint density at radius 2 is 2.00 bits per heavy atom. The number of nitrogens with two attached hydrogens (primary N) is 1. The molecule has 112 valence electrons. The summed E-state index contributed by atoms with van der Waals surface area (Å²) in [6, 6.07) is 6.57. The highest BCUT2D eigenvalue weighted by Gasteiger charge is 2.28. The monoisotopic (exact) mass is 278 g/mol. The standard InChI is InChI=1S/C16H26N2O2/c1-11-7-14(5-6-16(11)19-4)15(8-17)18-9-12(2)20-13(3)10-18/h5-7,12-13,15H,8-10,17H2,1-4H3. The van der Waals surface area contributed by atoms with Gasteiger partial charge in [-0.25, -0.2) is 0 Å². The van der Waals surface area contributed by atoms with E-state index in [0.717, 1.165) is 24.4 Å². The molecule has 1 aliphatic rings. The predicted octanol–water partition coefficient (Wildman–Crippen LogP) is 2.11. The molecule has 4 heteroatoms. The Morgan fingerprint density at radius 1 is 1.35 bits per heavy atom. The second-order valence-electron chi connectivity index (χ2n) is 5.69. The van der Waals surface area contributed by atoms with Gasteiger partial charge in [0.05, 0.1) is 19.3 Å². The predicted molar refractivity (Wildman–Crippen MR) is 81.1 cm³/mol. The van der Waals surface area contributed by atoms with Crippen molar-refractivity contribution < 1.29 is 9.47 Å². The van der Waals surface area contributed by atoms with Crippen LogP contribution in [0.5, 0.6) is 5.75 Å². The molecule has 1 aromatic carbocycles. The minimum absolute atomic E-state index is 0.244. The molecule has 0 radical (unpaired) electrons. The molecule has 4 nitrogen and oxygen atoms in total. The van der Waals surface area contributed by atoms with Crippen LogP contribution in [0.15, 0.2) is 18.2 Å². The third-order valence-corrected chi connectivity index (χ3v) is 3.92. The molecule has 1 aromatic rings. The number of nitrogens with zero attached hydrogens (tertiary/aromatic N) is 1. The first kappa shape index (κ1) is 15.3. The van der Waals surface area contributed by atoms with Crippen LogP contribution in [0.25, 0.3) is 0 Å². The lowest BCUT2D eigenvalue weighted by Crippen LogP contribution is -2.48. The Morgan fingerprint density at radius 3 is 2.50 bits per heavy atom. The van der Waals surface area contributed by atoms with Crippen molar-refractivity contribution in [1.82, 2.24) is 4.90 Å². The van der Waals surface area contributed by atoms with Gasteiger partial charge in [-0.1, -0.05) is 12.1 Å². The van der Waals surface area contributed by atoms with E-state index < -0.39 is 0 Å². The highest BCUT2D eigenvalue weighted by atomic mass is 16.5. The van der Waals surface area contributed by atoms with Crippen molar-refractivity contribution in [1.29, 1.82) is 0 Å². The second kappa shape index (κ2) is 6.57. The maximum atomic E-state index is 6.03. The van der Waals surface area contributed by atoms with Crippen molar-refractivity contribution in [2.45, 2.75) is 39.0 Å². The second-order valence-corrected chi connectivity index (χ2v) is 5.69. The normalized spacial score (nSPS) is 25.4. The Kier molecular flexibility index (Phi) is 5.02. The van der Waals surface area contributed by atoms with Crippen LogP contribution >= 0.6 is 0 Å². The maximum Gasteiger partial charge on any atom is 0.121 e. The van der Waals surface area contributed by atoms with Crippen LogP contribution in [0.3, 0.4) is 0 Å². The number of morpholine rings is 1. The van der Waals surface area contributed by atoms with Crippen LogP contribution in [0, 0.1) is 6.92 Å². The first-order valence-electron chi connectivity index (χ1n) is 7.29. The smallest absolute Gasteiger partial charge is 0.121 e. The SMILES string of the molecule is COc1ccc(C(CN)N2CC(C)OC(C)C2)cc1C. The van der Waals surface area contributed by atoms with Gasteiger partial charge < -0.3 is 15.2 Å². The minimum Gasteiger partial charge on any atom is -0.496 e. The van der Waals surface area contributed by atoms with Crippen molar-refractivity contribution in [2.24, 2.45) is 5.73 Å². The molecule has 3 unspecified atom stereocenters. The molecule has 20 heavy (non-hydrogen) atoms. The van der Waals surface area contributed by atoms with Crippen LogP contribution in [-0.2, 0) is 4.74 Å². The molecule has 0 aromatic heterocycles. The Balaban J connectivity index is 2.21. The van der Waals surface area contributed by atoms with Gasteiger partial charge in [0.1, 0.15) is 5.75 Å². The van der Waals surface area contributed by atoms with Crippen LogP contribution in [0.2, 0.25) is 0 Å². The van der Waals surface area contributed by atoms with E-state index in [1.807, 2.05) is 6.07 Å². The summed E-state index contributed by atoms with van der Waals surface area (Å²) in [5.41, 5.74) is 8.44. The van der Waals surface area contributed by atoms with E-state index in [1.54, 1.807) is 7.11 Å². The van der Waals surface area contributed by atoms with Gasteiger partial charge in [0.15, 0.2) is 0 Å². The Hall–Kier alpha value is -1.10. The lowest BCUT2D eigenvalue weighted by Gasteiger charge is -2.40. The summed E-state index contributed by atoms with van der Waals surface area (Å²) in [6.45, 7) is 8.78. The van der Waals surface area contributed by atoms with E-state index in [-0.39, 0.29) is 18.2 Å². The zero-order valence-electron chi connectivity index (χ0n) is 12.9. The average molecular weight is 278 g/mol. The molecule has 0 spiro atoms. The number of methoxy groups -OCH3 is 1. The summed E-state index contributed by atoms with van der Waals surface area (Å²) in [7, 11) is 1.70. The van der Waals surface area contributed by atoms with Gasteiger partial charge in [0, 0.05) is 25.7 Å². The van der Waals surface area contributed by atoms with Crippen molar-refractivity contribution in [3.63, 3.8) is 0 Å². The van der Waals surface area contributed by atoms with Gasteiger partial charge in [0.2, 0.25) is 0 Å². The van der Waals surface area contributed by atoms with E-state index in [9.17, 15) is 0 Å². The quantitative estimate of drug-likeness (QED) is 0.916. The minimum atomic E-state index is 0.244. The van der Waals surface area contributed by atoms with Gasteiger partial charge in [-0.15, -0.1) is 0 Å². The van der Waals surface area contributed by atoms with Crippen LogP contribution in [-0.4, -0.2) is 43.9 Å². The van der Waals surface area contributed by atoms with Gasteiger partial charge >= 0.3 is 0 Å². The Labute approximate surface area is 121 Å². The third kappa shape index (κ3) is 3.32. The van der Waals surface area contributed by atoms with Crippen LogP contribution < -0.4 is 10.5 Å². The largest absolute Gasteiger partial charge is 0.496 e. The Bertz CT molecular complexity index is 440. The summed E-state index contributed by atoms with van der Waals surface area (Å²) in [5, 5.41) is 0. The molecule has 0 bridgehead atoms. The average Bonchev–Trinajstić information content (AvgIpc) is 2.38. The van der Waals surface area contributed by atoms with E-state index in [4.69, 9.17) is 15.2 Å². The molecule has 1 aliphatic heterocycles. The van der Waals surface area contributed by atoms with Crippen molar-refractivity contribution in [2.75, 3.05) is 26.7 Å². The fraction of sp³-hybridized carbons (Fsp3) is 0.625. The maximum absolute atomic E-state index is 6.03. The number of ether oxygens (including phenoxy) is 2. The topological polar surface area (TPSA) is 47.7 Å². The first-order valence-corrected chi connectivity index (χ1v) is 7.29. The van der Waals surface area contributed by atoms with Gasteiger partial charge in [-0.05, 0) is 38.0 Å². The molecule has 0 aliphatic carbocycles. The fourth-order valence-electron chi connectivity index (χ4n) is 3.08. The lowest BCUT2D eigenvalue weighted by atomic mass is 10.0. The number of hydrogen-bond acceptors (Lipinski definition) is 4. The van der Waals surface area contributed by atoms with Crippen LogP contribution in [0.1, 0.15) is 31.0 Å². The lowest BCUT2D eigenvalue weighted by molar-refractivity contribution is -0.0799. The molecule has 1 fully saturated rings. The highest BCUT2D eigenvalue weighted by Crippen LogP contribution is 2.27. The zero-order valence-corrected chi connectivity index (χ0v) is 12.9. The van der Waals surface area contributed by atoms with Gasteiger partial charge in [-0.3, -0.25) is 4.90 Å². The zero-order chi connectivity index (χ0) is 14.7. The number of hydrogen-bond donors (Lipinski definition) is 1. The molecule has 2 N–H and O–H groups in total. The summed E-state index contributed by atoms with van der Waals surface area (Å²) in [6.07, 6.45) is 0.513. The van der Waals surface area contributed by atoms with E-state index >= 15 is 0 Å². The van der Waals surface area contributed by atoms with Crippen LogP contribution in [0.4, 0.5) is 0 Å². The first-order chi connectivity index (χ1) is 9.55. The van der Waals surface area contributed by atoms with E-state index in [2.05, 4.69) is 37.8 Å². The number of benzene rings is 1. The van der Waals surface area contributed by atoms with E-state index in [0.29, 0.717) is 6.54 Å².